The number of aryl methyl sites for hydroxylation is 1. The lowest BCUT2D eigenvalue weighted by molar-refractivity contribution is -0.117. The first kappa shape index (κ1) is 19.8. The Bertz CT molecular complexity index is 1090. The molecule has 6 heteroatoms. The molecule has 0 saturated carbocycles. The number of amides is 1. The van der Waals surface area contributed by atoms with Crippen LogP contribution in [0.15, 0.2) is 60.1 Å². The molecule has 0 fully saturated rings. The molecule has 0 unspecified atom stereocenters. The van der Waals surface area contributed by atoms with Crippen LogP contribution in [0.4, 0.5) is 0 Å². The van der Waals surface area contributed by atoms with Crippen LogP contribution in [0.25, 0.3) is 10.2 Å². The topological polar surface area (TPSA) is 60.7 Å². The van der Waals surface area contributed by atoms with E-state index >= 15 is 0 Å². The largest absolute Gasteiger partial charge is 0.462 e. The van der Waals surface area contributed by atoms with Crippen molar-refractivity contribution in [2.75, 3.05) is 6.61 Å². The Hall–Kier alpha value is -2.99. The van der Waals surface area contributed by atoms with E-state index < -0.39 is 0 Å². The third kappa shape index (κ3) is 4.46. The highest BCUT2D eigenvalue weighted by Gasteiger charge is 2.12. The molecule has 1 amide bonds. The molecule has 3 aromatic rings. The van der Waals surface area contributed by atoms with E-state index in [2.05, 4.69) is 11.6 Å². The lowest BCUT2D eigenvalue weighted by atomic mass is 10.1. The van der Waals surface area contributed by atoms with E-state index in [1.165, 1.54) is 11.3 Å². The fraction of sp³-hybridized carbons (Fsp3) is 0.227. The molecule has 0 radical (unpaired) electrons. The highest BCUT2D eigenvalue weighted by atomic mass is 32.1. The maximum absolute atomic E-state index is 12.5. The Morgan fingerprint density at radius 1 is 1.21 bits per heavy atom. The first-order valence-corrected chi connectivity index (χ1v) is 9.88. The standard InChI is InChI=1S/C22H22N2O3S/c1-4-12-24-18-11-10-17(21(26)27-5-2)14-19(18)28-22(24)23-20(25)13-16-8-6-15(3)7-9-16/h4,6-11,14H,1,5,12-13H2,2-3H3. The fourth-order valence-corrected chi connectivity index (χ4v) is 3.93. The highest BCUT2D eigenvalue weighted by molar-refractivity contribution is 7.16. The first-order chi connectivity index (χ1) is 13.5. The van der Waals surface area contributed by atoms with Gasteiger partial charge in [0, 0.05) is 6.54 Å². The first-order valence-electron chi connectivity index (χ1n) is 9.06. The molecule has 3 rings (SSSR count). The molecule has 0 bridgehead atoms. The molecule has 0 atom stereocenters. The van der Waals surface area contributed by atoms with Crippen LogP contribution < -0.4 is 4.80 Å². The average Bonchev–Trinajstić information content (AvgIpc) is 3.00. The van der Waals surface area contributed by atoms with Gasteiger partial charge in [0.2, 0.25) is 0 Å². The number of ether oxygens (including phenoxy) is 1. The van der Waals surface area contributed by atoms with Gasteiger partial charge in [-0.25, -0.2) is 4.79 Å². The molecule has 0 spiro atoms. The molecule has 144 valence electrons. The summed E-state index contributed by atoms with van der Waals surface area (Å²) >= 11 is 1.37. The minimum atomic E-state index is -0.359. The molecule has 5 nitrogen and oxygen atoms in total. The molecule has 0 aliphatic carbocycles. The van der Waals surface area contributed by atoms with Crippen molar-refractivity contribution in [2.24, 2.45) is 4.99 Å². The van der Waals surface area contributed by atoms with Gasteiger partial charge in [-0.05, 0) is 37.6 Å². The Balaban J connectivity index is 1.98. The van der Waals surface area contributed by atoms with Gasteiger partial charge in [0.1, 0.15) is 0 Å². The summed E-state index contributed by atoms with van der Waals surface area (Å²) < 4.78 is 7.86. The normalized spacial score (nSPS) is 11.6. The van der Waals surface area contributed by atoms with Crippen LogP contribution in [-0.2, 0) is 22.5 Å². The molecular weight excluding hydrogens is 372 g/mol. The number of benzene rings is 2. The van der Waals surface area contributed by atoms with Crippen LogP contribution in [0.5, 0.6) is 0 Å². The van der Waals surface area contributed by atoms with Crippen molar-refractivity contribution in [1.82, 2.24) is 4.57 Å². The van der Waals surface area contributed by atoms with Crippen molar-refractivity contribution in [3.8, 4) is 0 Å². The molecule has 1 aromatic heterocycles. The van der Waals surface area contributed by atoms with Crippen LogP contribution in [-0.4, -0.2) is 23.1 Å². The van der Waals surface area contributed by atoms with Gasteiger partial charge < -0.3 is 9.30 Å². The number of rotatable bonds is 6. The van der Waals surface area contributed by atoms with Crippen molar-refractivity contribution in [1.29, 1.82) is 0 Å². The molecule has 0 saturated heterocycles. The predicted molar refractivity (Wildman–Crippen MR) is 111 cm³/mol. The van der Waals surface area contributed by atoms with E-state index in [1.54, 1.807) is 25.1 Å². The van der Waals surface area contributed by atoms with Crippen molar-refractivity contribution in [3.05, 3.63) is 76.6 Å². The summed E-state index contributed by atoms with van der Waals surface area (Å²) in [5.74, 6) is -0.569. The highest BCUT2D eigenvalue weighted by Crippen LogP contribution is 2.20. The van der Waals surface area contributed by atoms with E-state index in [-0.39, 0.29) is 18.3 Å². The Morgan fingerprint density at radius 2 is 1.96 bits per heavy atom. The molecular formula is C22H22N2O3S. The number of carbonyl (C=O) groups is 2. The number of nitrogens with zero attached hydrogens (tertiary/aromatic N) is 2. The van der Waals surface area contributed by atoms with E-state index in [9.17, 15) is 9.59 Å². The van der Waals surface area contributed by atoms with Gasteiger partial charge >= 0.3 is 5.97 Å². The Morgan fingerprint density at radius 3 is 2.64 bits per heavy atom. The number of carbonyl (C=O) groups excluding carboxylic acids is 2. The smallest absolute Gasteiger partial charge is 0.338 e. The monoisotopic (exact) mass is 394 g/mol. The van der Waals surface area contributed by atoms with Crippen LogP contribution in [0.2, 0.25) is 0 Å². The van der Waals surface area contributed by atoms with Gasteiger partial charge in [0.15, 0.2) is 4.80 Å². The van der Waals surface area contributed by atoms with Crippen molar-refractivity contribution < 1.29 is 14.3 Å². The lowest BCUT2D eigenvalue weighted by Crippen LogP contribution is -2.17. The molecule has 0 N–H and O–H groups in total. The summed E-state index contributed by atoms with van der Waals surface area (Å²) in [6.07, 6.45) is 2.01. The molecule has 28 heavy (non-hydrogen) atoms. The second-order valence-corrected chi connectivity index (χ2v) is 7.36. The van der Waals surface area contributed by atoms with Crippen molar-refractivity contribution in [3.63, 3.8) is 0 Å². The van der Waals surface area contributed by atoms with Crippen LogP contribution in [0.1, 0.15) is 28.4 Å². The van der Waals surface area contributed by atoms with E-state index in [0.717, 1.165) is 21.3 Å². The minimum Gasteiger partial charge on any atom is -0.462 e. The zero-order chi connectivity index (χ0) is 20.1. The number of fused-ring (bicyclic) bond motifs is 1. The second kappa shape index (κ2) is 8.80. The maximum atomic E-state index is 12.5. The molecule has 2 aromatic carbocycles. The zero-order valence-corrected chi connectivity index (χ0v) is 16.8. The molecule has 1 heterocycles. The Labute approximate surface area is 167 Å². The van der Waals surface area contributed by atoms with Gasteiger partial charge in [0.05, 0.1) is 28.8 Å². The third-order valence-corrected chi connectivity index (χ3v) is 5.24. The lowest BCUT2D eigenvalue weighted by Gasteiger charge is -2.03. The van der Waals surface area contributed by atoms with Crippen molar-refractivity contribution in [2.45, 2.75) is 26.8 Å². The summed E-state index contributed by atoms with van der Waals surface area (Å²) in [4.78, 5) is 29.4. The summed E-state index contributed by atoms with van der Waals surface area (Å²) in [5.41, 5.74) is 3.47. The number of allylic oxidation sites excluding steroid dienone is 1. The van der Waals surface area contributed by atoms with E-state index in [4.69, 9.17) is 4.74 Å². The van der Waals surface area contributed by atoms with Gasteiger partial charge in [-0.15, -0.1) is 6.58 Å². The third-order valence-electron chi connectivity index (χ3n) is 4.20. The number of esters is 1. The molecule has 0 aliphatic heterocycles. The Kier molecular flexibility index (Phi) is 6.21. The van der Waals surface area contributed by atoms with Gasteiger partial charge in [-0.2, -0.15) is 4.99 Å². The van der Waals surface area contributed by atoms with Gasteiger partial charge in [-0.1, -0.05) is 47.2 Å². The summed E-state index contributed by atoms with van der Waals surface area (Å²) in [5, 5.41) is 0. The fourth-order valence-electron chi connectivity index (χ4n) is 2.83. The average molecular weight is 394 g/mol. The summed E-state index contributed by atoms with van der Waals surface area (Å²) in [7, 11) is 0. The predicted octanol–water partition coefficient (Wildman–Crippen LogP) is 4.04. The molecule has 0 aliphatic rings. The van der Waals surface area contributed by atoms with E-state index in [0.29, 0.717) is 23.5 Å². The van der Waals surface area contributed by atoms with Crippen LogP contribution in [0, 0.1) is 6.92 Å². The minimum absolute atomic E-state index is 0.209. The van der Waals surface area contributed by atoms with Crippen molar-refractivity contribution >= 4 is 33.4 Å². The summed E-state index contributed by atoms with van der Waals surface area (Å²) in [6, 6.07) is 13.2. The maximum Gasteiger partial charge on any atom is 0.338 e. The number of thiazole rings is 1. The quantitative estimate of drug-likeness (QED) is 0.468. The zero-order valence-electron chi connectivity index (χ0n) is 16.0. The number of hydrogen-bond donors (Lipinski definition) is 0. The SMILES string of the molecule is C=CCn1c(=NC(=O)Cc2ccc(C)cc2)sc2cc(C(=O)OCC)ccc21. The van der Waals surface area contributed by atoms with E-state index in [1.807, 2.05) is 41.8 Å². The van der Waals surface area contributed by atoms with Crippen LogP contribution in [0.3, 0.4) is 0 Å². The second-order valence-electron chi connectivity index (χ2n) is 6.35. The number of aromatic nitrogens is 1. The van der Waals surface area contributed by atoms with Gasteiger partial charge in [0.25, 0.3) is 5.91 Å². The number of hydrogen-bond acceptors (Lipinski definition) is 4. The summed E-state index contributed by atoms with van der Waals surface area (Å²) in [6.45, 7) is 8.42. The van der Waals surface area contributed by atoms with Gasteiger partial charge in [-0.3, -0.25) is 4.79 Å². The van der Waals surface area contributed by atoms with Crippen LogP contribution >= 0.6 is 11.3 Å².